The van der Waals surface area contributed by atoms with Gasteiger partial charge in [0.1, 0.15) is 11.9 Å². The summed E-state index contributed by atoms with van der Waals surface area (Å²) in [6.07, 6.45) is 5.56. The minimum absolute atomic E-state index is 0.00278. The van der Waals surface area contributed by atoms with Gasteiger partial charge >= 0.3 is 0 Å². The molecule has 0 spiro atoms. The Labute approximate surface area is 140 Å². The summed E-state index contributed by atoms with van der Waals surface area (Å²) in [6, 6.07) is 9.48. The molecule has 0 unspecified atom stereocenters. The van der Waals surface area contributed by atoms with Crippen LogP contribution in [0.15, 0.2) is 29.1 Å². The molecule has 124 valence electrons. The molecule has 1 heterocycles. The van der Waals surface area contributed by atoms with Crippen molar-refractivity contribution in [3.05, 3.63) is 51.6 Å². The highest BCUT2D eigenvalue weighted by atomic mass is 16.1. The summed E-state index contributed by atoms with van der Waals surface area (Å²) in [6.45, 7) is 0.364. The highest BCUT2D eigenvalue weighted by Gasteiger charge is 2.19. The quantitative estimate of drug-likeness (QED) is 0.784. The fourth-order valence-corrected chi connectivity index (χ4v) is 3.25. The number of rotatable bonds is 5. The van der Waals surface area contributed by atoms with E-state index in [1.165, 1.54) is 25.7 Å². The fourth-order valence-electron chi connectivity index (χ4n) is 3.25. The van der Waals surface area contributed by atoms with E-state index in [0.717, 1.165) is 17.7 Å². The molecule has 0 radical (unpaired) electrons. The summed E-state index contributed by atoms with van der Waals surface area (Å²) in [5.41, 5.74) is 7.02. The van der Waals surface area contributed by atoms with Gasteiger partial charge in [-0.15, -0.1) is 0 Å². The van der Waals surface area contributed by atoms with Crippen LogP contribution in [0, 0.1) is 17.2 Å². The first-order chi connectivity index (χ1) is 11.7. The highest BCUT2D eigenvalue weighted by molar-refractivity contribution is 5.65. The van der Waals surface area contributed by atoms with Gasteiger partial charge in [0.2, 0.25) is 0 Å². The van der Waals surface area contributed by atoms with Crippen LogP contribution in [0.1, 0.15) is 42.6 Å². The van der Waals surface area contributed by atoms with Crippen molar-refractivity contribution in [1.82, 2.24) is 9.97 Å². The number of anilines is 2. The fraction of sp³-hybridized carbons (Fsp3) is 0.389. The lowest BCUT2D eigenvalue weighted by Gasteiger charge is -2.13. The summed E-state index contributed by atoms with van der Waals surface area (Å²) < 4.78 is 0. The normalized spacial score (nSPS) is 14.5. The van der Waals surface area contributed by atoms with E-state index in [0.29, 0.717) is 24.1 Å². The second-order valence-electron chi connectivity index (χ2n) is 6.19. The second-order valence-corrected chi connectivity index (χ2v) is 6.19. The van der Waals surface area contributed by atoms with Crippen LogP contribution in [-0.4, -0.2) is 9.97 Å². The van der Waals surface area contributed by atoms with Crippen molar-refractivity contribution in [2.24, 2.45) is 11.7 Å². The Morgan fingerprint density at radius 3 is 2.79 bits per heavy atom. The zero-order valence-electron chi connectivity index (χ0n) is 13.5. The number of hydrogen-bond acceptors (Lipinski definition) is 5. The Balaban J connectivity index is 1.94. The van der Waals surface area contributed by atoms with Crippen LogP contribution in [0.3, 0.4) is 0 Å². The highest BCUT2D eigenvalue weighted by Crippen LogP contribution is 2.27. The Bertz CT molecular complexity index is 815. The summed E-state index contributed by atoms with van der Waals surface area (Å²) in [7, 11) is 0. The van der Waals surface area contributed by atoms with E-state index in [4.69, 9.17) is 5.73 Å². The largest absolute Gasteiger partial charge is 0.339 e. The molecule has 0 saturated heterocycles. The minimum atomic E-state index is -0.395. The number of nitriles is 1. The van der Waals surface area contributed by atoms with Gasteiger partial charge in [-0.25, -0.2) is 4.98 Å². The number of aromatic amines is 1. The van der Waals surface area contributed by atoms with E-state index in [1.807, 2.05) is 30.3 Å². The van der Waals surface area contributed by atoms with Crippen LogP contribution in [0.4, 0.5) is 11.5 Å². The van der Waals surface area contributed by atoms with E-state index >= 15 is 0 Å². The summed E-state index contributed by atoms with van der Waals surface area (Å²) in [5, 5.41) is 12.4. The van der Waals surface area contributed by atoms with Crippen molar-refractivity contribution in [2.45, 2.75) is 38.6 Å². The second kappa shape index (κ2) is 7.28. The molecule has 1 aliphatic rings. The van der Waals surface area contributed by atoms with E-state index in [1.54, 1.807) is 0 Å². The molecule has 1 aromatic heterocycles. The average Bonchev–Trinajstić information content (AvgIpc) is 3.08. The first-order valence-corrected chi connectivity index (χ1v) is 8.29. The zero-order valence-corrected chi connectivity index (χ0v) is 13.5. The van der Waals surface area contributed by atoms with Crippen LogP contribution in [0.25, 0.3) is 0 Å². The number of aromatic nitrogens is 2. The average molecular weight is 323 g/mol. The molecular formula is C18H21N5O. The topological polar surface area (TPSA) is 108 Å². The Hall–Kier alpha value is -2.65. The molecule has 4 N–H and O–H groups in total. The van der Waals surface area contributed by atoms with Gasteiger partial charge in [-0.2, -0.15) is 5.26 Å². The van der Waals surface area contributed by atoms with E-state index < -0.39 is 5.56 Å². The van der Waals surface area contributed by atoms with Gasteiger partial charge < -0.3 is 16.0 Å². The first kappa shape index (κ1) is 16.2. The maximum Gasteiger partial charge on any atom is 0.271 e. The summed E-state index contributed by atoms with van der Waals surface area (Å²) >= 11 is 0. The Kier molecular flexibility index (Phi) is 4.92. The first-order valence-electron chi connectivity index (χ1n) is 8.29. The number of nitrogens with one attached hydrogen (secondary N) is 2. The molecule has 3 rings (SSSR count). The molecule has 1 aliphatic carbocycles. The molecule has 1 saturated carbocycles. The maximum atomic E-state index is 12.2. The molecule has 0 aliphatic heterocycles. The third-order valence-electron chi connectivity index (χ3n) is 4.53. The molecule has 6 nitrogen and oxygen atoms in total. The van der Waals surface area contributed by atoms with Crippen LogP contribution in [0.2, 0.25) is 0 Å². The smallest absolute Gasteiger partial charge is 0.271 e. The van der Waals surface area contributed by atoms with Crippen LogP contribution in [-0.2, 0) is 13.0 Å². The van der Waals surface area contributed by atoms with Crippen molar-refractivity contribution in [3.63, 3.8) is 0 Å². The Morgan fingerprint density at radius 1 is 1.33 bits per heavy atom. The monoisotopic (exact) mass is 323 g/mol. The summed E-state index contributed by atoms with van der Waals surface area (Å²) in [5.74, 6) is 1.50. The van der Waals surface area contributed by atoms with E-state index in [9.17, 15) is 10.1 Å². The molecule has 1 aromatic carbocycles. The third kappa shape index (κ3) is 3.47. The third-order valence-corrected chi connectivity index (χ3v) is 4.53. The van der Waals surface area contributed by atoms with Crippen molar-refractivity contribution in [3.8, 4) is 6.07 Å². The number of H-pyrrole nitrogens is 1. The molecule has 24 heavy (non-hydrogen) atoms. The predicted octanol–water partition coefficient (Wildman–Crippen LogP) is 2.58. The van der Waals surface area contributed by atoms with Gasteiger partial charge in [-0.05, 0) is 17.5 Å². The molecule has 0 bridgehead atoms. The molecule has 2 aromatic rings. The molecule has 0 amide bonds. The lowest BCUT2D eigenvalue weighted by Crippen LogP contribution is -2.19. The standard InChI is InChI=1S/C18H21N5O/c19-10-13-7-3-4-8-15(13)21-17-14(11-20)18(24)23-16(22-17)9-12-5-1-2-6-12/h3-4,7-8,12H,1-2,5-6,9-10,19H2,(H2,21,22,23,24). The van der Waals surface area contributed by atoms with Gasteiger partial charge in [0.05, 0.1) is 0 Å². The van der Waals surface area contributed by atoms with Gasteiger partial charge in [0, 0.05) is 18.7 Å². The number of nitrogens with two attached hydrogens (primary N) is 1. The number of para-hydroxylation sites is 1. The molecule has 6 heteroatoms. The summed E-state index contributed by atoms with van der Waals surface area (Å²) in [4.78, 5) is 19.5. The molecular weight excluding hydrogens is 302 g/mol. The van der Waals surface area contributed by atoms with Crippen LogP contribution in [0.5, 0.6) is 0 Å². The number of benzene rings is 1. The predicted molar refractivity (Wildman–Crippen MR) is 92.9 cm³/mol. The van der Waals surface area contributed by atoms with Gasteiger partial charge in [0.15, 0.2) is 11.4 Å². The Morgan fingerprint density at radius 2 is 2.08 bits per heavy atom. The van der Waals surface area contributed by atoms with Crippen LogP contribution < -0.4 is 16.6 Å². The maximum absolute atomic E-state index is 12.2. The SMILES string of the molecule is N#Cc1c(Nc2ccccc2CN)nc(CC2CCCC2)[nH]c1=O. The van der Waals surface area contributed by atoms with Gasteiger partial charge in [0.25, 0.3) is 5.56 Å². The van der Waals surface area contributed by atoms with Crippen molar-refractivity contribution in [2.75, 3.05) is 5.32 Å². The lowest BCUT2D eigenvalue weighted by atomic mass is 10.0. The van der Waals surface area contributed by atoms with Gasteiger partial charge in [-0.3, -0.25) is 4.79 Å². The van der Waals surface area contributed by atoms with Crippen molar-refractivity contribution >= 4 is 11.5 Å². The van der Waals surface area contributed by atoms with Crippen molar-refractivity contribution < 1.29 is 0 Å². The number of nitrogens with zero attached hydrogens (tertiary/aromatic N) is 2. The van der Waals surface area contributed by atoms with Crippen molar-refractivity contribution in [1.29, 1.82) is 5.26 Å². The van der Waals surface area contributed by atoms with E-state index in [-0.39, 0.29) is 5.56 Å². The van der Waals surface area contributed by atoms with Crippen LogP contribution >= 0.6 is 0 Å². The minimum Gasteiger partial charge on any atom is -0.339 e. The lowest BCUT2D eigenvalue weighted by molar-refractivity contribution is 0.529. The van der Waals surface area contributed by atoms with Gasteiger partial charge in [-0.1, -0.05) is 43.9 Å². The number of hydrogen-bond donors (Lipinski definition) is 3. The molecule has 0 atom stereocenters. The molecule has 1 fully saturated rings. The van der Waals surface area contributed by atoms with E-state index in [2.05, 4.69) is 15.3 Å². The zero-order chi connectivity index (χ0) is 16.9.